The molecule has 0 spiro atoms. The highest BCUT2D eigenvalue weighted by atomic mass is 32.2. The van der Waals surface area contributed by atoms with E-state index in [1.54, 1.807) is 0 Å². The zero-order chi connectivity index (χ0) is 19.1. The molecular weight excluding hydrogens is 340 g/mol. The summed E-state index contributed by atoms with van der Waals surface area (Å²) < 4.78 is 19.1. The van der Waals surface area contributed by atoms with Gasteiger partial charge in [-0.1, -0.05) is 60.7 Å². The first-order valence-corrected chi connectivity index (χ1v) is 8.90. The predicted octanol–water partition coefficient (Wildman–Crippen LogP) is 2.77. The molecule has 0 heterocycles. The minimum Gasteiger partial charge on any atom is -0.328 e. The molecule has 2 aromatic rings. The van der Waals surface area contributed by atoms with E-state index in [0.717, 1.165) is 12.8 Å². The Balaban J connectivity index is 0.000000368. The van der Waals surface area contributed by atoms with Gasteiger partial charge in [-0.05, 0) is 37.8 Å². The van der Waals surface area contributed by atoms with Gasteiger partial charge in [0.2, 0.25) is 0 Å². The van der Waals surface area contributed by atoms with Gasteiger partial charge >= 0.3 is 11.4 Å². The number of hydrogen-bond acceptors (Lipinski definition) is 5. The molecule has 7 heteroatoms. The van der Waals surface area contributed by atoms with Crippen molar-refractivity contribution in [2.45, 2.75) is 38.8 Å². The Morgan fingerprint density at radius 2 is 1.16 bits per heavy atom. The highest BCUT2D eigenvalue weighted by Gasteiger charge is 1.95. The first kappa shape index (κ1) is 23.4. The predicted molar refractivity (Wildman–Crippen MR) is 102 cm³/mol. The molecule has 2 rings (SSSR count). The molecule has 0 aliphatic rings. The molecular formula is C18H28N2O4S. The lowest BCUT2D eigenvalue weighted by Crippen LogP contribution is -2.17. The molecule has 140 valence electrons. The van der Waals surface area contributed by atoms with E-state index in [4.69, 9.17) is 25.5 Å². The molecule has 0 aromatic heterocycles. The summed E-state index contributed by atoms with van der Waals surface area (Å²) in [5.74, 6) is 0. The minimum absolute atomic E-state index is 0.266. The molecule has 0 aliphatic carbocycles. The van der Waals surface area contributed by atoms with Gasteiger partial charge < -0.3 is 11.5 Å². The van der Waals surface area contributed by atoms with Crippen LogP contribution in [0.4, 0.5) is 0 Å². The van der Waals surface area contributed by atoms with E-state index in [1.807, 2.05) is 50.2 Å². The van der Waals surface area contributed by atoms with Crippen LogP contribution in [0.5, 0.6) is 0 Å². The smallest absolute Gasteiger partial charge is 0.328 e. The molecule has 0 amide bonds. The minimum atomic E-state index is -2.52. The van der Waals surface area contributed by atoms with Crippen molar-refractivity contribution in [2.75, 3.05) is 0 Å². The van der Waals surface area contributed by atoms with Crippen molar-refractivity contribution in [2.24, 2.45) is 11.5 Å². The maximum atomic E-state index is 9.01. The molecule has 6 N–H and O–H groups in total. The van der Waals surface area contributed by atoms with Gasteiger partial charge in [0.15, 0.2) is 0 Å². The van der Waals surface area contributed by atoms with Gasteiger partial charge in [-0.3, -0.25) is 4.55 Å². The van der Waals surface area contributed by atoms with E-state index in [1.165, 1.54) is 11.1 Å². The summed E-state index contributed by atoms with van der Waals surface area (Å²) >= 11 is -2.52. The van der Waals surface area contributed by atoms with Gasteiger partial charge in [0.05, 0.1) is 0 Å². The first-order chi connectivity index (χ1) is 11.8. The fourth-order valence-electron chi connectivity index (χ4n) is 1.97. The van der Waals surface area contributed by atoms with Gasteiger partial charge in [-0.2, -0.15) is 4.21 Å². The largest absolute Gasteiger partial charge is 0.330 e. The second-order valence-electron chi connectivity index (χ2n) is 5.63. The van der Waals surface area contributed by atoms with Gasteiger partial charge in [0, 0.05) is 12.1 Å². The highest BCUT2D eigenvalue weighted by molar-refractivity contribution is 7.74. The van der Waals surface area contributed by atoms with Crippen molar-refractivity contribution in [3.63, 3.8) is 0 Å². The second-order valence-corrected chi connectivity index (χ2v) is 6.21. The van der Waals surface area contributed by atoms with Crippen molar-refractivity contribution in [1.29, 1.82) is 0 Å². The molecule has 6 nitrogen and oxygen atoms in total. The second kappa shape index (κ2) is 14.7. The van der Waals surface area contributed by atoms with Crippen molar-refractivity contribution >= 4 is 11.4 Å². The third kappa shape index (κ3) is 15.6. The van der Waals surface area contributed by atoms with E-state index in [0.29, 0.717) is 0 Å². The van der Waals surface area contributed by atoms with Gasteiger partial charge in [-0.15, -0.1) is 4.33 Å². The van der Waals surface area contributed by atoms with Crippen LogP contribution in [-0.2, 0) is 28.5 Å². The van der Waals surface area contributed by atoms with Crippen molar-refractivity contribution in [1.82, 2.24) is 0 Å². The molecule has 25 heavy (non-hydrogen) atoms. The normalized spacial score (nSPS) is 13.4. The lowest BCUT2D eigenvalue weighted by molar-refractivity contribution is -0.131. The summed E-state index contributed by atoms with van der Waals surface area (Å²) in [6.45, 7) is 4.04. The zero-order valence-corrected chi connectivity index (χ0v) is 15.4. The van der Waals surface area contributed by atoms with Crippen LogP contribution in [-0.4, -0.2) is 26.1 Å². The summed E-state index contributed by atoms with van der Waals surface area (Å²) in [4.78, 5) is 0. The Morgan fingerprint density at radius 1 is 0.880 bits per heavy atom. The molecule has 1 unspecified atom stereocenters. The van der Waals surface area contributed by atoms with E-state index in [2.05, 4.69) is 28.6 Å². The average molecular weight is 368 g/mol. The third-order valence-corrected chi connectivity index (χ3v) is 2.99. The van der Waals surface area contributed by atoms with Gasteiger partial charge in [0.1, 0.15) is 0 Å². The maximum absolute atomic E-state index is 9.01. The SMILES string of the molecule is C[C@@H](N)Cc1ccccc1.C[C@@H](N)Cc1ccccc1.O=S(O)OO. The first-order valence-electron chi connectivity index (χ1n) is 7.86. The molecule has 0 aliphatic heterocycles. The van der Waals surface area contributed by atoms with Crippen LogP contribution in [0.3, 0.4) is 0 Å². The summed E-state index contributed by atoms with van der Waals surface area (Å²) in [7, 11) is 0. The standard InChI is InChI=1S/2C9H13N.H2O4S/c2*1-8(10)7-9-5-3-2-4-6-9;1-4-5(2)3/h2*2-6,8H,7,10H2,1H3;1H,(H,2,3)/t2*8-;/m11./s1. The lowest BCUT2D eigenvalue weighted by atomic mass is 10.1. The topological polar surface area (TPSA) is 119 Å². The van der Waals surface area contributed by atoms with Crippen molar-refractivity contribution in [3.8, 4) is 0 Å². The molecule has 3 atom stereocenters. The highest BCUT2D eigenvalue weighted by Crippen LogP contribution is 2.01. The average Bonchev–Trinajstić information content (AvgIpc) is 2.56. The van der Waals surface area contributed by atoms with Crippen LogP contribution in [0.25, 0.3) is 0 Å². The molecule has 0 saturated heterocycles. The van der Waals surface area contributed by atoms with Crippen LogP contribution in [0.1, 0.15) is 25.0 Å². The van der Waals surface area contributed by atoms with Crippen molar-refractivity contribution < 1.29 is 18.4 Å². The summed E-state index contributed by atoms with van der Waals surface area (Å²) in [6.07, 6.45) is 1.95. The Morgan fingerprint density at radius 3 is 1.36 bits per heavy atom. The van der Waals surface area contributed by atoms with Crippen molar-refractivity contribution in [3.05, 3.63) is 71.8 Å². The van der Waals surface area contributed by atoms with Crippen LogP contribution in [0, 0.1) is 0 Å². The van der Waals surface area contributed by atoms with Crippen LogP contribution >= 0.6 is 0 Å². The van der Waals surface area contributed by atoms with Gasteiger partial charge in [-0.25, -0.2) is 5.26 Å². The Hall–Kier alpha value is -1.61. The molecule has 0 fully saturated rings. The molecule has 0 radical (unpaired) electrons. The fourth-order valence-corrected chi connectivity index (χ4v) is 1.97. The van der Waals surface area contributed by atoms with Crippen LogP contribution in [0.2, 0.25) is 0 Å². The fraction of sp³-hybridized carbons (Fsp3) is 0.333. The molecule has 0 saturated carbocycles. The number of benzene rings is 2. The summed E-state index contributed by atoms with van der Waals surface area (Å²) in [5, 5.41) is 7.09. The third-order valence-electron chi connectivity index (χ3n) is 2.86. The van der Waals surface area contributed by atoms with Crippen LogP contribution in [0.15, 0.2) is 60.7 Å². The monoisotopic (exact) mass is 368 g/mol. The quantitative estimate of drug-likeness (QED) is 0.366. The molecule has 2 aromatic carbocycles. The number of nitrogens with two attached hydrogens (primary N) is 2. The Kier molecular flexibility index (Phi) is 13.8. The Bertz CT molecular complexity index is 520. The van der Waals surface area contributed by atoms with E-state index < -0.39 is 11.4 Å². The molecule has 0 bridgehead atoms. The van der Waals surface area contributed by atoms with E-state index >= 15 is 0 Å². The lowest BCUT2D eigenvalue weighted by Gasteiger charge is -2.02. The summed E-state index contributed by atoms with van der Waals surface area (Å²) in [6, 6.07) is 21.1. The number of hydrogen-bond donors (Lipinski definition) is 4. The zero-order valence-electron chi connectivity index (χ0n) is 14.6. The van der Waals surface area contributed by atoms with E-state index in [9.17, 15) is 0 Å². The number of rotatable bonds is 5. The van der Waals surface area contributed by atoms with Crippen LogP contribution < -0.4 is 11.5 Å². The van der Waals surface area contributed by atoms with E-state index in [-0.39, 0.29) is 12.1 Å². The van der Waals surface area contributed by atoms with Gasteiger partial charge in [0.25, 0.3) is 0 Å². The Labute approximate surface area is 152 Å². The maximum Gasteiger partial charge on any atom is 0.330 e. The summed E-state index contributed by atoms with van der Waals surface area (Å²) in [5.41, 5.74) is 13.9.